The molecule has 3 aromatic rings. The molecule has 2 aromatic carbocycles. The largest absolute Gasteiger partial charge is 0.506 e. The highest BCUT2D eigenvalue weighted by molar-refractivity contribution is 5.97. The zero-order valence-electron chi connectivity index (χ0n) is 25.3. The number of rotatable bonds is 14. The normalized spacial score (nSPS) is 15.0. The first-order valence-electron chi connectivity index (χ1n) is 15.5. The number of carbonyl (C=O) groups is 2. The van der Waals surface area contributed by atoms with Crippen LogP contribution in [0.2, 0.25) is 0 Å². The van der Waals surface area contributed by atoms with E-state index < -0.39 is 0 Å². The number of nitrogens with zero attached hydrogens (tertiary/aromatic N) is 3. The van der Waals surface area contributed by atoms with Crippen molar-refractivity contribution in [2.45, 2.75) is 57.4 Å². The number of hydrogen-bond acceptors (Lipinski definition) is 7. The van der Waals surface area contributed by atoms with E-state index in [4.69, 9.17) is 9.47 Å². The number of amides is 2. The van der Waals surface area contributed by atoms with Gasteiger partial charge in [-0.25, -0.2) is 4.39 Å². The van der Waals surface area contributed by atoms with Gasteiger partial charge in [-0.3, -0.25) is 14.3 Å². The summed E-state index contributed by atoms with van der Waals surface area (Å²) in [6.45, 7) is 2.46. The molecule has 0 radical (unpaired) electrons. The number of benzene rings is 2. The van der Waals surface area contributed by atoms with E-state index in [1.54, 1.807) is 48.4 Å². The highest BCUT2D eigenvalue weighted by Crippen LogP contribution is 2.39. The molecule has 0 bridgehead atoms. The lowest BCUT2D eigenvalue weighted by atomic mass is 9.94. The maximum absolute atomic E-state index is 15.1. The quantitative estimate of drug-likeness (QED) is 0.186. The molecule has 2 amide bonds. The minimum absolute atomic E-state index is 0.0161. The van der Waals surface area contributed by atoms with Gasteiger partial charge < -0.3 is 30.1 Å². The summed E-state index contributed by atoms with van der Waals surface area (Å²) >= 11 is 0. The van der Waals surface area contributed by atoms with Crippen LogP contribution in [-0.4, -0.2) is 77.1 Å². The van der Waals surface area contributed by atoms with Gasteiger partial charge in [-0.05, 0) is 49.4 Å². The number of aryl methyl sites for hydroxylation is 1. The Bertz CT molecular complexity index is 1440. The van der Waals surface area contributed by atoms with Crippen LogP contribution in [0, 0.1) is 5.82 Å². The number of nitrogens with one attached hydrogen (secondary N) is 2. The number of phenols is 1. The molecule has 1 aliphatic carbocycles. The molecule has 2 heterocycles. The van der Waals surface area contributed by atoms with Crippen LogP contribution in [-0.2, 0) is 34.2 Å². The fourth-order valence-electron chi connectivity index (χ4n) is 6.01. The van der Waals surface area contributed by atoms with Gasteiger partial charge in [0.15, 0.2) is 12.4 Å². The monoisotopic (exact) mass is 607 g/mol. The predicted octanol–water partition coefficient (Wildman–Crippen LogP) is 4.21. The van der Waals surface area contributed by atoms with Crippen molar-refractivity contribution in [1.82, 2.24) is 20.0 Å². The summed E-state index contributed by atoms with van der Waals surface area (Å²) < 4.78 is 28.1. The van der Waals surface area contributed by atoms with Gasteiger partial charge in [-0.2, -0.15) is 5.10 Å². The molecule has 2 aliphatic rings. The minimum Gasteiger partial charge on any atom is -0.506 e. The second-order valence-electron chi connectivity index (χ2n) is 11.5. The number of anilines is 1. The molecular weight excluding hydrogens is 565 g/mol. The zero-order chi connectivity index (χ0) is 30.9. The molecule has 1 saturated carbocycles. The Morgan fingerprint density at radius 1 is 1.16 bits per heavy atom. The SMILES string of the molecule is Cn1cc(-c2cccc(CCOCCC(=O)N(CCNCCc3ccc(O)c4c3OCC(=O)N4)C3CCCCC3)c2F)cn1. The van der Waals surface area contributed by atoms with Crippen LogP contribution in [0.4, 0.5) is 10.1 Å². The molecule has 1 fully saturated rings. The van der Waals surface area contributed by atoms with Crippen LogP contribution in [0.25, 0.3) is 11.1 Å². The van der Waals surface area contributed by atoms with Gasteiger partial charge in [-0.15, -0.1) is 0 Å². The van der Waals surface area contributed by atoms with Gasteiger partial charge in [-0.1, -0.05) is 43.5 Å². The van der Waals surface area contributed by atoms with Gasteiger partial charge in [0.1, 0.15) is 17.3 Å². The second kappa shape index (κ2) is 15.2. The van der Waals surface area contributed by atoms with Crippen LogP contribution in [0.5, 0.6) is 11.5 Å². The van der Waals surface area contributed by atoms with Crippen molar-refractivity contribution in [1.29, 1.82) is 0 Å². The summed E-state index contributed by atoms with van der Waals surface area (Å²) in [4.78, 5) is 27.0. The third kappa shape index (κ3) is 7.95. The van der Waals surface area contributed by atoms with E-state index in [0.717, 1.165) is 36.8 Å². The molecule has 5 rings (SSSR count). The van der Waals surface area contributed by atoms with Crippen molar-refractivity contribution < 1.29 is 28.6 Å². The molecule has 44 heavy (non-hydrogen) atoms. The molecule has 0 spiro atoms. The first kappa shape index (κ1) is 31.5. The topological polar surface area (TPSA) is 118 Å². The fraction of sp³-hybridized carbons (Fsp3) is 0.485. The van der Waals surface area contributed by atoms with E-state index in [-0.39, 0.29) is 42.5 Å². The third-order valence-corrected chi connectivity index (χ3v) is 8.34. The summed E-state index contributed by atoms with van der Waals surface area (Å²) in [7, 11) is 1.80. The molecule has 0 unspecified atom stereocenters. The Labute approximate surface area is 257 Å². The highest BCUT2D eigenvalue weighted by Gasteiger charge is 2.25. The van der Waals surface area contributed by atoms with Crippen LogP contribution >= 0.6 is 0 Å². The van der Waals surface area contributed by atoms with Gasteiger partial charge in [0.25, 0.3) is 5.91 Å². The van der Waals surface area contributed by atoms with Gasteiger partial charge >= 0.3 is 0 Å². The van der Waals surface area contributed by atoms with E-state index in [9.17, 15) is 14.7 Å². The van der Waals surface area contributed by atoms with E-state index in [1.165, 1.54) is 6.42 Å². The number of hydrogen-bond donors (Lipinski definition) is 3. The lowest BCUT2D eigenvalue weighted by molar-refractivity contribution is -0.135. The number of phenolic OH excluding ortho intramolecular Hbond substituents is 1. The summed E-state index contributed by atoms with van der Waals surface area (Å²) in [5.41, 5.74) is 3.05. The molecule has 1 aliphatic heterocycles. The molecule has 1 aromatic heterocycles. The Morgan fingerprint density at radius 3 is 2.80 bits per heavy atom. The van der Waals surface area contributed by atoms with Gasteiger partial charge in [0, 0.05) is 43.5 Å². The summed E-state index contributed by atoms with van der Waals surface area (Å²) in [5.74, 6) is 0.0225. The highest BCUT2D eigenvalue weighted by atomic mass is 19.1. The van der Waals surface area contributed by atoms with Crippen molar-refractivity contribution in [2.24, 2.45) is 7.05 Å². The van der Waals surface area contributed by atoms with Gasteiger partial charge in [0.05, 0.1) is 25.8 Å². The van der Waals surface area contributed by atoms with Crippen LogP contribution in [0.15, 0.2) is 42.7 Å². The molecule has 0 atom stereocenters. The van der Waals surface area contributed by atoms with Crippen molar-refractivity contribution in [3.8, 4) is 22.6 Å². The molecular formula is C33H42FN5O5. The van der Waals surface area contributed by atoms with Crippen LogP contribution < -0.4 is 15.4 Å². The fourth-order valence-corrected chi connectivity index (χ4v) is 6.01. The number of carbonyl (C=O) groups excluding carboxylic acids is 2. The predicted molar refractivity (Wildman–Crippen MR) is 165 cm³/mol. The van der Waals surface area contributed by atoms with E-state index in [2.05, 4.69) is 15.7 Å². The average Bonchev–Trinajstić information content (AvgIpc) is 3.46. The van der Waals surface area contributed by atoms with Crippen LogP contribution in [0.1, 0.15) is 49.7 Å². The van der Waals surface area contributed by atoms with Gasteiger partial charge in [0.2, 0.25) is 5.91 Å². The Hall–Kier alpha value is -3.96. The average molecular weight is 608 g/mol. The lowest BCUT2D eigenvalue weighted by Crippen LogP contribution is -2.45. The minimum atomic E-state index is -0.290. The van der Waals surface area contributed by atoms with Crippen molar-refractivity contribution >= 4 is 17.5 Å². The van der Waals surface area contributed by atoms with E-state index in [1.807, 2.05) is 11.0 Å². The number of ether oxygens (including phenoxy) is 2. The van der Waals surface area contributed by atoms with E-state index in [0.29, 0.717) is 68.3 Å². The Morgan fingerprint density at radius 2 is 2.00 bits per heavy atom. The molecule has 3 N–H and O–H groups in total. The summed E-state index contributed by atoms with van der Waals surface area (Å²) in [6.07, 6.45) is 10.3. The Balaban J connectivity index is 1.07. The summed E-state index contributed by atoms with van der Waals surface area (Å²) in [6, 6.07) is 8.96. The molecule has 10 nitrogen and oxygen atoms in total. The van der Waals surface area contributed by atoms with Crippen molar-refractivity contribution in [3.63, 3.8) is 0 Å². The van der Waals surface area contributed by atoms with Crippen LogP contribution in [0.3, 0.4) is 0 Å². The number of aromatic hydroxyl groups is 1. The molecule has 0 saturated heterocycles. The molecule has 236 valence electrons. The Kier molecular flexibility index (Phi) is 10.8. The number of fused-ring (bicyclic) bond motifs is 1. The zero-order valence-corrected chi connectivity index (χ0v) is 25.3. The molecule has 11 heteroatoms. The first-order valence-corrected chi connectivity index (χ1v) is 15.5. The first-order chi connectivity index (χ1) is 21.4. The third-order valence-electron chi connectivity index (χ3n) is 8.34. The van der Waals surface area contributed by atoms with Crippen molar-refractivity contribution in [3.05, 3.63) is 59.7 Å². The maximum Gasteiger partial charge on any atom is 0.262 e. The summed E-state index contributed by atoms with van der Waals surface area (Å²) in [5, 5.41) is 20.3. The lowest BCUT2D eigenvalue weighted by Gasteiger charge is -2.34. The maximum atomic E-state index is 15.1. The standard InChI is InChI=1S/C33H42FN5O5/c1-38-21-25(20-36-38)27-9-5-6-23(31(27)34)13-18-43-19-14-30(42)39(26-7-3-2-4-8-26)17-16-35-15-12-24-10-11-28(40)32-33(24)44-22-29(41)37-32/h5-6,9-11,20-21,26,35,40H,2-4,7-8,12-19,22H2,1H3,(H,37,41). The van der Waals surface area contributed by atoms with E-state index >= 15 is 4.39 Å². The van der Waals surface area contributed by atoms with Crippen molar-refractivity contribution in [2.75, 3.05) is 44.8 Å². The number of halogens is 1. The second-order valence-corrected chi connectivity index (χ2v) is 11.5. The number of aromatic nitrogens is 2. The smallest absolute Gasteiger partial charge is 0.262 e.